The van der Waals surface area contributed by atoms with Crippen molar-refractivity contribution < 1.29 is 4.42 Å². The molecule has 3 heterocycles. The van der Waals surface area contributed by atoms with Crippen molar-refractivity contribution in [2.24, 2.45) is 5.92 Å². The first-order valence-corrected chi connectivity index (χ1v) is 8.06. The highest BCUT2D eigenvalue weighted by atomic mass is 16.4. The molecule has 2 atom stereocenters. The molecule has 1 saturated heterocycles. The lowest BCUT2D eigenvalue weighted by Gasteiger charge is -2.24. The first-order valence-electron chi connectivity index (χ1n) is 8.06. The zero-order valence-corrected chi connectivity index (χ0v) is 13.4. The molecule has 0 N–H and O–H groups in total. The minimum Gasteiger partial charge on any atom is -0.425 e. The quantitative estimate of drug-likeness (QED) is 0.848. The van der Waals surface area contributed by atoms with Crippen LogP contribution in [0.2, 0.25) is 0 Å². The van der Waals surface area contributed by atoms with Gasteiger partial charge in [0.05, 0.1) is 5.41 Å². The number of pyridine rings is 1. The molecule has 0 spiro atoms. The Labute approximate surface area is 135 Å². The summed E-state index contributed by atoms with van der Waals surface area (Å²) in [5.41, 5.74) is 1.36. The second-order valence-electron chi connectivity index (χ2n) is 6.70. The van der Waals surface area contributed by atoms with Crippen LogP contribution in [0.4, 0.5) is 5.82 Å². The van der Waals surface area contributed by atoms with Gasteiger partial charge in [-0.3, -0.25) is 0 Å². The molecular formula is C17H19N5O. The minimum atomic E-state index is -0.0549. The Morgan fingerprint density at radius 2 is 2.22 bits per heavy atom. The number of nitriles is 1. The lowest BCUT2D eigenvalue weighted by Crippen LogP contribution is -2.32. The molecule has 2 aromatic heterocycles. The number of aromatic nitrogens is 3. The zero-order chi connectivity index (χ0) is 16.0. The topological polar surface area (TPSA) is 78.8 Å². The van der Waals surface area contributed by atoms with Gasteiger partial charge in [-0.2, -0.15) is 5.26 Å². The summed E-state index contributed by atoms with van der Waals surface area (Å²) in [6.45, 7) is 5.52. The van der Waals surface area contributed by atoms with Gasteiger partial charge < -0.3 is 9.32 Å². The van der Waals surface area contributed by atoms with Crippen molar-refractivity contribution in [1.82, 2.24) is 15.2 Å². The normalized spacial score (nSPS) is 26.3. The van der Waals surface area contributed by atoms with Crippen molar-refractivity contribution in [3.63, 3.8) is 0 Å². The molecule has 1 aliphatic carbocycles. The summed E-state index contributed by atoms with van der Waals surface area (Å²) in [4.78, 5) is 6.80. The molecule has 2 fully saturated rings. The first kappa shape index (κ1) is 14.2. The van der Waals surface area contributed by atoms with Crippen LogP contribution in [-0.2, 0) is 5.41 Å². The van der Waals surface area contributed by atoms with Gasteiger partial charge in [-0.1, -0.05) is 12.5 Å². The lowest BCUT2D eigenvalue weighted by atomic mass is 9.80. The number of hydrogen-bond acceptors (Lipinski definition) is 6. The summed E-state index contributed by atoms with van der Waals surface area (Å²) >= 11 is 0. The van der Waals surface area contributed by atoms with Crippen molar-refractivity contribution in [3.05, 3.63) is 35.2 Å². The van der Waals surface area contributed by atoms with Crippen molar-refractivity contribution in [3.8, 4) is 6.07 Å². The Morgan fingerprint density at radius 3 is 2.96 bits per heavy atom. The molecule has 0 amide bonds. The van der Waals surface area contributed by atoms with Crippen LogP contribution < -0.4 is 4.90 Å². The maximum atomic E-state index is 9.21. The van der Waals surface area contributed by atoms with Crippen LogP contribution in [-0.4, -0.2) is 28.3 Å². The molecule has 2 aliphatic rings. The Bertz CT molecular complexity index is 793. The summed E-state index contributed by atoms with van der Waals surface area (Å²) in [5, 5.41) is 17.6. The predicted octanol–water partition coefficient (Wildman–Crippen LogP) is 2.51. The predicted molar refractivity (Wildman–Crippen MR) is 84.0 cm³/mol. The minimum absolute atomic E-state index is 0.0549. The molecule has 0 radical (unpaired) electrons. The Morgan fingerprint density at radius 1 is 1.35 bits per heavy atom. The summed E-state index contributed by atoms with van der Waals surface area (Å²) in [7, 11) is 0. The van der Waals surface area contributed by atoms with Crippen molar-refractivity contribution in [2.45, 2.75) is 38.5 Å². The van der Waals surface area contributed by atoms with Gasteiger partial charge in [-0.05, 0) is 37.3 Å². The third-order valence-electron chi connectivity index (χ3n) is 5.33. The molecule has 0 bridgehead atoms. The average Bonchev–Trinajstić information content (AvgIpc) is 3.21. The lowest BCUT2D eigenvalue weighted by molar-refractivity contribution is 0.299. The van der Waals surface area contributed by atoms with Crippen LogP contribution in [0.1, 0.15) is 42.3 Å². The van der Waals surface area contributed by atoms with Gasteiger partial charge in [0.25, 0.3) is 0 Å². The fraction of sp³-hybridized carbons (Fsp3) is 0.529. The van der Waals surface area contributed by atoms with Crippen LogP contribution in [0, 0.1) is 31.1 Å². The number of fused-ring (bicyclic) bond motifs is 1. The molecule has 1 saturated carbocycles. The average molecular weight is 309 g/mol. The number of nitrogens with zero attached hydrogens (tertiary/aromatic N) is 5. The third kappa shape index (κ3) is 2.11. The van der Waals surface area contributed by atoms with E-state index in [-0.39, 0.29) is 5.41 Å². The smallest absolute Gasteiger partial charge is 0.224 e. The van der Waals surface area contributed by atoms with Gasteiger partial charge in [0.1, 0.15) is 17.6 Å². The Kier molecular flexibility index (Phi) is 3.12. The SMILES string of the molecule is Cc1nnc([C@]23CCC[C@H]2CN(c2ccc(C)c(C#N)n2)C3)o1. The number of hydrogen-bond donors (Lipinski definition) is 0. The van der Waals surface area contributed by atoms with Gasteiger partial charge in [0.15, 0.2) is 0 Å². The van der Waals surface area contributed by atoms with Crippen molar-refractivity contribution >= 4 is 5.82 Å². The second-order valence-corrected chi connectivity index (χ2v) is 6.70. The molecule has 0 aromatic carbocycles. The molecule has 0 unspecified atom stereocenters. The summed E-state index contributed by atoms with van der Waals surface area (Å²) < 4.78 is 5.80. The number of anilines is 1. The van der Waals surface area contributed by atoms with E-state index in [0.717, 1.165) is 36.8 Å². The van der Waals surface area contributed by atoms with E-state index in [1.807, 2.05) is 26.0 Å². The number of rotatable bonds is 2. The van der Waals surface area contributed by atoms with Crippen LogP contribution >= 0.6 is 0 Å². The monoisotopic (exact) mass is 309 g/mol. The summed E-state index contributed by atoms with van der Waals surface area (Å²) in [6.07, 6.45) is 3.45. The summed E-state index contributed by atoms with van der Waals surface area (Å²) in [6, 6.07) is 6.15. The van der Waals surface area contributed by atoms with Gasteiger partial charge in [-0.15, -0.1) is 10.2 Å². The van der Waals surface area contributed by atoms with Crippen molar-refractivity contribution in [2.75, 3.05) is 18.0 Å². The van der Waals surface area contributed by atoms with E-state index >= 15 is 0 Å². The van der Waals surface area contributed by atoms with Gasteiger partial charge in [0, 0.05) is 20.0 Å². The molecule has 6 nitrogen and oxygen atoms in total. The molecular weight excluding hydrogens is 290 g/mol. The highest BCUT2D eigenvalue weighted by molar-refractivity contribution is 5.47. The van der Waals surface area contributed by atoms with Crippen LogP contribution in [0.5, 0.6) is 0 Å². The molecule has 2 aromatic rings. The van der Waals surface area contributed by atoms with E-state index in [1.165, 1.54) is 12.8 Å². The van der Waals surface area contributed by atoms with E-state index in [0.29, 0.717) is 17.5 Å². The van der Waals surface area contributed by atoms with E-state index in [9.17, 15) is 5.26 Å². The van der Waals surface area contributed by atoms with Gasteiger partial charge >= 0.3 is 0 Å². The molecule has 23 heavy (non-hydrogen) atoms. The molecule has 1 aliphatic heterocycles. The zero-order valence-electron chi connectivity index (χ0n) is 13.4. The fourth-order valence-corrected chi connectivity index (χ4v) is 4.12. The standard InChI is InChI=1S/C17H19N5O/c1-11-5-6-15(19-14(11)8-18)22-9-13-4-3-7-17(13,10-22)16-21-20-12(2)23-16/h5-6,13H,3-4,7,9-10H2,1-2H3/t13-,17-/m0/s1. The Hall–Kier alpha value is -2.42. The largest absolute Gasteiger partial charge is 0.425 e. The van der Waals surface area contributed by atoms with Crippen molar-refractivity contribution in [1.29, 1.82) is 5.26 Å². The molecule has 118 valence electrons. The maximum absolute atomic E-state index is 9.21. The third-order valence-corrected chi connectivity index (χ3v) is 5.33. The van der Waals surface area contributed by atoms with Crippen LogP contribution in [0.3, 0.4) is 0 Å². The van der Waals surface area contributed by atoms with E-state index in [4.69, 9.17) is 4.42 Å². The Balaban J connectivity index is 1.69. The van der Waals surface area contributed by atoms with Gasteiger partial charge in [-0.25, -0.2) is 4.98 Å². The highest BCUT2D eigenvalue weighted by Crippen LogP contribution is 2.50. The van der Waals surface area contributed by atoms with Gasteiger partial charge in [0.2, 0.25) is 11.8 Å². The summed E-state index contributed by atoms with van der Waals surface area (Å²) in [5.74, 6) is 2.78. The van der Waals surface area contributed by atoms with E-state index in [1.54, 1.807) is 0 Å². The number of aryl methyl sites for hydroxylation is 2. The maximum Gasteiger partial charge on any atom is 0.224 e. The second kappa shape index (κ2) is 5.05. The highest BCUT2D eigenvalue weighted by Gasteiger charge is 2.54. The van der Waals surface area contributed by atoms with Crippen LogP contribution in [0.15, 0.2) is 16.5 Å². The van der Waals surface area contributed by atoms with Crippen LogP contribution in [0.25, 0.3) is 0 Å². The van der Waals surface area contributed by atoms with E-state index in [2.05, 4.69) is 26.2 Å². The first-order chi connectivity index (χ1) is 11.1. The molecule has 6 heteroatoms. The van der Waals surface area contributed by atoms with E-state index < -0.39 is 0 Å². The molecule has 4 rings (SSSR count). The fourth-order valence-electron chi connectivity index (χ4n) is 4.12.